The van der Waals surface area contributed by atoms with E-state index in [0.717, 1.165) is 39.6 Å². The molecule has 0 saturated carbocycles. The third kappa shape index (κ3) is 18.0. The average molecular weight is 799 g/mol. The monoisotopic (exact) mass is 797 g/mol. The van der Waals surface area contributed by atoms with E-state index in [1.54, 1.807) is 0 Å². The Balaban J connectivity index is 0.000000753. The maximum absolute atomic E-state index is 12.6. The molecule has 2 aromatic carbocycles. The van der Waals surface area contributed by atoms with Gasteiger partial charge in [0.05, 0.1) is 28.5 Å². The molecule has 3 aromatic heterocycles. The summed E-state index contributed by atoms with van der Waals surface area (Å²) in [7, 11) is -9.89. The molecular formula is C35H35Cl2N5NiO9+. The molecule has 0 saturated heterocycles. The topological polar surface area (TPSA) is 255 Å². The number of benzene rings is 2. The minimum absolute atomic E-state index is 0. The molecule has 0 bridgehead atoms. The van der Waals surface area contributed by atoms with Crippen LogP contribution in [0, 0.1) is 25.9 Å². The van der Waals surface area contributed by atoms with Crippen LogP contribution in [-0.2, 0) is 40.9 Å². The van der Waals surface area contributed by atoms with E-state index in [-0.39, 0.29) is 22.4 Å². The van der Waals surface area contributed by atoms with Gasteiger partial charge in [-0.25, -0.2) is 42.3 Å². The zero-order chi connectivity index (χ0) is 37.7. The van der Waals surface area contributed by atoms with Crippen molar-refractivity contribution in [3.8, 4) is 22.5 Å². The minimum Gasteiger partial charge on any atom is -0.310 e. The molecule has 5 aromatic rings. The first-order chi connectivity index (χ1) is 23.8. The van der Waals surface area contributed by atoms with Crippen molar-refractivity contribution in [3.05, 3.63) is 132 Å². The zero-order valence-electron chi connectivity index (χ0n) is 28.1. The van der Waals surface area contributed by atoms with E-state index in [2.05, 4.69) is 58.7 Å². The molecule has 1 radical (unpaired) electrons. The fraction of sp³-hybridized carbons (Fsp3) is 0.200. The van der Waals surface area contributed by atoms with Crippen LogP contribution < -0.4 is 42.6 Å². The minimum atomic E-state index is -4.94. The Morgan fingerprint density at radius 2 is 0.904 bits per heavy atom. The van der Waals surface area contributed by atoms with Crippen LogP contribution in [0.2, 0.25) is 0 Å². The number of rotatable bonds is 9. The van der Waals surface area contributed by atoms with Crippen molar-refractivity contribution in [2.24, 2.45) is 5.41 Å². The van der Waals surface area contributed by atoms with Crippen LogP contribution in [0.3, 0.4) is 0 Å². The number of carbonyl (C=O) groups excluding carboxylic acids is 1. The molecule has 0 fully saturated rings. The molecule has 17 heteroatoms. The second-order valence-electron chi connectivity index (χ2n) is 11.9. The van der Waals surface area contributed by atoms with Gasteiger partial charge in [0.15, 0.2) is 0 Å². The smallest absolute Gasteiger partial charge is 0.310 e. The molecule has 0 spiro atoms. The number of hydrogen-bond donors (Lipinski definition) is 1. The first-order valence-electron chi connectivity index (χ1n) is 15.1. The summed E-state index contributed by atoms with van der Waals surface area (Å²) >= 11 is 0. The Labute approximate surface area is 315 Å². The number of amides is 1. The molecule has 277 valence electrons. The van der Waals surface area contributed by atoms with Crippen molar-refractivity contribution >= 4 is 11.7 Å². The van der Waals surface area contributed by atoms with Gasteiger partial charge in [-0.05, 0) is 36.4 Å². The summed E-state index contributed by atoms with van der Waals surface area (Å²) in [6.45, 7) is 7.45. The van der Waals surface area contributed by atoms with Crippen LogP contribution in [0.4, 0.5) is 5.82 Å². The predicted octanol–water partition coefficient (Wildman–Crippen LogP) is -2.12. The fourth-order valence-corrected chi connectivity index (χ4v) is 4.47. The number of hydrogen-bond acceptors (Lipinski definition) is 13. The molecule has 0 aliphatic heterocycles. The van der Waals surface area contributed by atoms with Gasteiger partial charge in [0.2, 0.25) is 5.91 Å². The van der Waals surface area contributed by atoms with Gasteiger partial charge in [-0.2, -0.15) is 0 Å². The van der Waals surface area contributed by atoms with Crippen molar-refractivity contribution in [1.29, 1.82) is 0 Å². The molecule has 52 heavy (non-hydrogen) atoms. The summed E-state index contributed by atoms with van der Waals surface area (Å²) in [4.78, 5) is 29.6. The number of pyridine rings is 3. The maximum atomic E-state index is 12.6. The SMILES string of the molecule is CC(C)(C)C(=O)Nc1cccc(CN(Cc2cccc(-c3ccccc3)n2)Cc2cccc(-c3ccccc3)n2)n1.[Ni+3].[O-][Cl+3]([O-])([O-])[O-].[O-][Cl+3]([O-])([O-])[O-]. The summed E-state index contributed by atoms with van der Waals surface area (Å²) in [5, 5.41) is 2.95. The Kier molecular flexibility index (Phi) is 17.3. The van der Waals surface area contributed by atoms with Crippen LogP contribution in [0.25, 0.3) is 22.5 Å². The molecule has 3 heterocycles. The van der Waals surface area contributed by atoms with E-state index in [0.29, 0.717) is 25.5 Å². The average Bonchev–Trinajstić information content (AvgIpc) is 3.04. The van der Waals surface area contributed by atoms with Crippen molar-refractivity contribution in [2.45, 2.75) is 40.4 Å². The fourth-order valence-electron chi connectivity index (χ4n) is 4.47. The van der Waals surface area contributed by atoms with Crippen LogP contribution in [-0.4, -0.2) is 25.8 Å². The summed E-state index contributed by atoms with van der Waals surface area (Å²) < 4.78 is 67.9. The molecule has 0 unspecified atom stereocenters. The van der Waals surface area contributed by atoms with E-state index < -0.39 is 25.9 Å². The number of carbonyl (C=O) groups is 1. The number of anilines is 1. The maximum Gasteiger partial charge on any atom is 3.00 e. The Bertz CT molecular complexity index is 1720. The molecule has 0 aliphatic rings. The number of aromatic nitrogens is 3. The predicted molar refractivity (Wildman–Crippen MR) is 165 cm³/mol. The molecule has 1 amide bonds. The number of nitrogens with one attached hydrogen (secondary N) is 1. The van der Waals surface area contributed by atoms with Crippen molar-refractivity contribution in [1.82, 2.24) is 19.9 Å². The standard InChI is InChI=1S/C35H35N5O.2ClHO4.Ni/c1-35(2,3)34(41)39-33-22-12-19-30(38-33)25-40(23-28-17-10-20-31(36-28)26-13-6-4-7-14-26)24-29-18-11-21-32(37-29)27-15-8-5-9-16-27;2*2-1(3,4)5;/h4-22H,23-25H2,1-3H3,(H,38,39,41);2*(H,2,3,4,5);/q;;;+3/p-2. The Morgan fingerprint density at radius 1 is 0.558 bits per heavy atom. The van der Waals surface area contributed by atoms with Crippen LogP contribution in [0.5, 0.6) is 0 Å². The molecular weight excluding hydrogens is 764 g/mol. The Hall–Kier alpha value is -3.93. The number of nitrogens with zero attached hydrogens (tertiary/aromatic N) is 4. The van der Waals surface area contributed by atoms with Crippen LogP contribution in [0.15, 0.2) is 115 Å². The van der Waals surface area contributed by atoms with E-state index in [4.69, 9.17) is 52.2 Å². The van der Waals surface area contributed by atoms with Crippen LogP contribution in [0.1, 0.15) is 37.9 Å². The Morgan fingerprint density at radius 3 is 1.27 bits per heavy atom. The third-order valence-corrected chi connectivity index (χ3v) is 6.64. The third-order valence-electron chi connectivity index (χ3n) is 6.64. The number of halogens is 2. The van der Waals surface area contributed by atoms with Crippen molar-refractivity contribution in [2.75, 3.05) is 5.32 Å². The van der Waals surface area contributed by atoms with Gasteiger partial charge in [-0.15, -0.1) is 20.5 Å². The molecule has 0 aliphatic carbocycles. The van der Waals surface area contributed by atoms with E-state index in [1.807, 2.05) is 87.5 Å². The van der Waals surface area contributed by atoms with Crippen LogP contribution >= 0.6 is 0 Å². The summed E-state index contributed by atoms with van der Waals surface area (Å²) in [5.74, 6) is 0.485. The van der Waals surface area contributed by atoms with E-state index in [1.165, 1.54) is 0 Å². The normalized spacial score (nSPS) is 11.3. The zero-order valence-corrected chi connectivity index (χ0v) is 30.6. The van der Waals surface area contributed by atoms with Crippen molar-refractivity contribution < 1.29 is 79.0 Å². The first-order valence-corrected chi connectivity index (χ1v) is 17.6. The van der Waals surface area contributed by atoms with E-state index in [9.17, 15) is 4.79 Å². The van der Waals surface area contributed by atoms with Crippen molar-refractivity contribution in [3.63, 3.8) is 0 Å². The largest absolute Gasteiger partial charge is 3.00 e. The van der Waals surface area contributed by atoms with Gasteiger partial charge in [-0.1, -0.05) is 99.6 Å². The van der Waals surface area contributed by atoms with Gasteiger partial charge < -0.3 is 5.32 Å². The van der Waals surface area contributed by atoms with Gasteiger partial charge in [0.1, 0.15) is 5.82 Å². The van der Waals surface area contributed by atoms with Gasteiger partial charge >= 0.3 is 16.5 Å². The van der Waals surface area contributed by atoms with E-state index >= 15 is 0 Å². The van der Waals surface area contributed by atoms with Gasteiger partial charge in [0.25, 0.3) is 0 Å². The van der Waals surface area contributed by atoms with Gasteiger partial charge in [-0.3, -0.25) is 19.7 Å². The molecule has 5 rings (SSSR count). The summed E-state index contributed by atoms with van der Waals surface area (Å²) in [5.41, 5.74) is 6.33. The molecule has 1 N–H and O–H groups in total. The summed E-state index contributed by atoms with van der Waals surface area (Å²) in [6, 6.07) is 38.5. The molecule has 14 nitrogen and oxygen atoms in total. The summed E-state index contributed by atoms with van der Waals surface area (Å²) in [6.07, 6.45) is 0. The van der Waals surface area contributed by atoms with Gasteiger partial charge in [0, 0.05) is 36.2 Å². The second kappa shape index (κ2) is 20.4. The molecule has 0 atom stereocenters. The second-order valence-corrected chi connectivity index (χ2v) is 13.4. The quantitative estimate of drug-likeness (QED) is 0.157. The first kappa shape index (κ1) is 44.2.